The number of methoxy groups -OCH3 is 1. The van der Waals surface area contributed by atoms with Crippen LogP contribution < -0.4 is 5.32 Å². The van der Waals surface area contributed by atoms with Crippen LogP contribution in [0, 0.1) is 22.9 Å². The van der Waals surface area contributed by atoms with Gasteiger partial charge in [-0.05, 0) is 18.6 Å². The number of rotatable bonds is 6. The number of nitro benzene ring substituents is 1. The molecule has 0 amide bonds. The minimum atomic E-state index is -1.22. The fourth-order valence-electron chi connectivity index (χ4n) is 1.47. The summed E-state index contributed by atoms with van der Waals surface area (Å²) in [5.41, 5.74) is -0.409. The van der Waals surface area contributed by atoms with Crippen molar-refractivity contribution < 1.29 is 24.0 Å². The lowest BCUT2D eigenvalue weighted by Gasteiger charge is -2.15. The zero-order valence-corrected chi connectivity index (χ0v) is 10.3. The maximum atomic E-state index is 13.3. The van der Waals surface area contributed by atoms with Crippen LogP contribution in [-0.4, -0.2) is 35.8 Å². The van der Waals surface area contributed by atoms with Gasteiger partial charge in [0.1, 0.15) is 17.5 Å². The number of halogens is 1. The summed E-state index contributed by atoms with van der Waals surface area (Å²) in [6.45, 7) is 1.25. The molecule has 0 aliphatic rings. The van der Waals surface area contributed by atoms with Gasteiger partial charge in [0, 0.05) is 7.11 Å². The van der Waals surface area contributed by atoms with E-state index in [0.717, 1.165) is 6.07 Å². The molecule has 0 bridgehead atoms. The standard InChI is InChI=1S/C11H13FN2O5/c1-6-3-8(10(14(17)18)4-7(6)12)13-9(5-19-2)11(15)16/h3-4,9,13H,5H2,1-2H3,(H,15,16). The van der Waals surface area contributed by atoms with Crippen molar-refractivity contribution >= 4 is 17.3 Å². The van der Waals surface area contributed by atoms with Gasteiger partial charge in [0.05, 0.1) is 17.6 Å². The molecule has 1 rings (SSSR count). The van der Waals surface area contributed by atoms with E-state index in [9.17, 15) is 19.3 Å². The molecular weight excluding hydrogens is 259 g/mol. The Hall–Kier alpha value is -2.22. The highest BCUT2D eigenvalue weighted by molar-refractivity contribution is 5.79. The highest BCUT2D eigenvalue weighted by atomic mass is 19.1. The van der Waals surface area contributed by atoms with Crippen molar-refractivity contribution in [1.82, 2.24) is 0 Å². The number of nitro groups is 1. The van der Waals surface area contributed by atoms with Gasteiger partial charge >= 0.3 is 5.97 Å². The normalized spacial score (nSPS) is 11.9. The predicted octanol–water partition coefficient (Wildman–Crippen LogP) is 1.55. The minimum absolute atomic E-state index is 0.0617. The Kier molecular flexibility index (Phi) is 4.76. The van der Waals surface area contributed by atoms with Crippen LogP contribution in [0.25, 0.3) is 0 Å². The number of hydrogen-bond donors (Lipinski definition) is 2. The van der Waals surface area contributed by atoms with E-state index in [1.807, 2.05) is 0 Å². The number of carbonyl (C=O) groups is 1. The average molecular weight is 272 g/mol. The van der Waals surface area contributed by atoms with Crippen LogP contribution in [0.4, 0.5) is 15.8 Å². The van der Waals surface area contributed by atoms with Gasteiger partial charge in [-0.1, -0.05) is 0 Å². The number of benzene rings is 1. The maximum absolute atomic E-state index is 13.3. The molecule has 7 nitrogen and oxygen atoms in total. The Bertz CT molecular complexity index is 506. The largest absolute Gasteiger partial charge is 0.480 e. The van der Waals surface area contributed by atoms with E-state index < -0.39 is 28.4 Å². The second-order valence-corrected chi connectivity index (χ2v) is 3.87. The molecule has 1 aromatic rings. The number of anilines is 1. The summed E-state index contributed by atoms with van der Waals surface area (Å²) in [4.78, 5) is 21.0. The lowest BCUT2D eigenvalue weighted by atomic mass is 10.1. The Morgan fingerprint density at radius 1 is 1.63 bits per heavy atom. The number of carboxylic acids is 1. The van der Waals surface area contributed by atoms with Crippen LogP contribution in [-0.2, 0) is 9.53 Å². The molecule has 104 valence electrons. The number of aliphatic carboxylic acids is 1. The lowest BCUT2D eigenvalue weighted by molar-refractivity contribution is -0.384. The number of nitrogens with one attached hydrogen (secondary N) is 1. The molecule has 0 spiro atoms. The third-order valence-electron chi connectivity index (χ3n) is 2.43. The third-order valence-corrected chi connectivity index (χ3v) is 2.43. The van der Waals surface area contributed by atoms with Gasteiger partial charge in [0.25, 0.3) is 5.69 Å². The zero-order chi connectivity index (χ0) is 14.6. The highest BCUT2D eigenvalue weighted by Gasteiger charge is 2.23. The monoisotopic (exact) mass is 272 g/mol. The van der Waals surface area contributed by atoms with E-state index in [1.54, 1.807) is 0 Å². The van der Waals surface area contributed by atoms with Crippen LogP contribution in [0.5, 0.6) is 0 Å². The summed E-state index contributed by atoms with van der Waals surface area (Å²) in [5.74, 6) is -1.95. The number of nitrogens with zero attached hydrogens (tertiary/aromatic N) is 1. The molecule has 0 saturated carbocycles. The summed E-state index contributed by atoms with van der Waals surface area (Å²) >= 11 is 0. The number of hydrogen-bond acceptors (Lipinski definition) is 5. The molecule has 1 atom stereocenters. The molecule has 0 aliphatic carbocycles. The highest BCUT2D eigenvalue weighted by Crippen LogP contribution is 2.28. The van der Waals surface area contributed by atoms with Crippen molar-refractivity contribution in [2.45, 2.75) is 13.0 Å². The van der Waals surface area contributed by atoms with E-state index in [2.05, 4.69) is 5.32 Å². The van der Waals surface area contributed by atoms with E-state index >= 15 is 0 Å². The van der Waals surface area contributed by atoms with Gasteiger partial charge < -0.3 is 15.2 Å². The van der Waals surface area contributed by atoms with Crippen molar-refractivity contribution in [2.75, 3.05) is 19.0 Å². The quantitative estimate of drug-likeness (QED) is 0.601. The van der Waals surface area contributed by atoms with Crippen molar-refractivity contribution in [3.63, 3.8) is 0 Å². The third kappa shape index (κ3) is 3.62. The van der Waals surface area contributed by atoms with Crippen molar-refractivity contribution in [2.24, 2.45) is 0 Å². The predicted molar refractivity (Wildman–Crippen MR) is 64.7 cm³/mol. The molecule has 0 saturated heterocycles. The molecule has 0 aromatic heterocycles. The molecule has 2 N–H and O–H groups in total. The van der Waals surface area contributed by atoms with Crippen LogP contribution >= 0.6 is 0 Å². The number of ether oxygens (including phenoxy) is 1. The molecule has 0 heterocycles. The Balaban J connectivity index is 3.14. The first-order valence-electron chi connectivity index (χ1n) is 5.29. The van der Waals surface area contributed by atoms with Crippen molar-refractivity contribution in [1.29, 1.82) is 0 Å². The minimum Gasteiger partial charge on any atom is -0.480 e. The summed E-state index contributed by atoms with van der Waals surface area (Å²) in [6.07, 6.45) is 0. The first kappa shape index (κ1) is 14.8. The summed E-state index contributed by atoms with van der Waals surface area (Å²) in [5, 5.41) is 22.2. The summed E-state index contributed by atoms with van der Waals surface area (Å²) < 4.78 is 18.0. The van der Waals surface area contributed by atoms with Crippen molar-refractivity contribution in [3.8, 4) is 0 Å². The molecule has 0 radical (unpaired) electrons. The van der Waals surface area contributed by atoms with Gasteiger partial charge in [-0.25, -0.2) is 9.18 Å². The molecule has 1 unspecified atom stereocenters. The van der Waals surface area contributed by atoms with Gasteiger partial charge in [-0.2, -0.15) is 0 Å². The van der Waals surface area contributed by atoms with Gasteiger partial charge in [-0.15, -0.1) is 0 Å². The maximum Gasteiger partial charge on any atom is 0.328 e. The SMILES string of the molecule is COCC(Nc1cc(C)c(F)cc1[N+](=O)[O-])C(=O)O. The van der Waals surface area contributed by atoms with Crippen LogP contribution in [0.15, 0.2) is 12.1 Å². The number of aryl methyl sites for hydroxylation is 1. The summed E-state index contributed by atoms with van der Waals surface area (Å²) in [6, 6.07) is 0.788. The smallest absolute Gasteiger partial charge is 0.328 e. The van der Waals surface area contributed by atoms with Crippen LogP contribution in [0.1, 0.15) is 5.56 Å². The van der Waals surface area contributed by atoms with Crippen molar-refractivity contribution in [3.05, 3.63) is 33.6 Å². The topological polar surface area (TPSA) is 102 Å². The summed E-state index contributed by atoms with van der Waals surface area (Å²) in [7, 11) is 1.31. The van der Waals surface area contributed by atoms with Gasteiger partial charge in [0.15, 0.2) is 0 Å². The second-order valence-electron chi connectivity index (χ2n) is 3.87. The van der Waals surface area contributed by atoms with E-state index in [-0.39, 0.29) is 17.9 Å². The average Bonchev–Trinajstić information content (AvgIpc) is 2.32. The van der Waals surface area contributed by atoms with Crippen LogP contribution in [0.2, 0.25) is 0 Å². The Morgan fingerprint density at radius 3 is 2.74 bits per heavy atom. The molecular formula is C11H13FN2O5. The van der Waals surface area contributed by atoms with Crippen LogP contribution in [0.3, 0.4) is 0 Å². The molecule has 8 heteroatoms. The van der Waals surface area contributed by atoms with Gasteiger partial charge in [-0.3, -0.25) is 10.1 Å². The first-order chi connectivity index (χ1) is 8.86. The lowest BCUT2D eigenvalue weighted by Crippen LogP contribution is -2.33. The van der Waals surface area contributed by atoms with E-state index in [0.29, 0.717) is 0 Å². The first-order valence-corrected chi connectivity index (χ1v) is 5.29. The molecule has 0 fully saturated rings. The zero-order valence-electron chi connectivity index (χ0n) is 10.3. The Morgan fingerprint density at radius 2 is 2.26 bits per heavy atom. The second kappa shape index (κ2) is 6.10. The van der Waals surface area contributed by atoms with E-state index in [1.165, 1.54) is 20.1 Å². The fraction of sp³-hybridized carbons (Fsp3) is 0.364. The molecule has 0 aliphatic heterocycles. The molecule has 1 aromatic carbocycles. The fourth-order valence-corrected chi connectivity index (χ4v) is 1.47. The van der Waals surface area contributed by atoms with E-state index in [4.69, 9.17) is 9.84 Å². The van der Waals surface area contributed by atoms with Gasteiger partial charge in [0.2, 0.25) is 0 Å². The number of carboxylic acid groups (broad SMARTS) is 1. The Labute approximate surface area is 108 Å². The molecule has 19 heavy (non-hydrogen) atoms.